The molecule has 116 valence electrons. The molecular weight excluding hydrogens is 325 g/mol. The minimum atomic E-state index is -1.00. The molecule has 0 bridgehead atoms. The average molecular weight is 340 g/mol. The normalized spacial score (nSPS) is 12.0. The third kappa shape index (κ3) is 4.00. The summed E-state index contributed by atoms with van der Waals surface area (Å²) >= 11 is 7.07. The minimum Gasteiger partial charge on any atom is -0.387 e. The molecule has 0 aliphatic carbocycles. The highest BCUT2D eigenvalue weighted by Crippen LogP contribution is 2.21. The van der Waals surface area contributed by atoms with Gasteiger partial charge in [-0.15, -0.1) is 11.8 Å². The number of hydrogen-bond acceptors (Lipinski definition) is 3. The maximum Gasteiger partial charge on any atom is 0.252 e. The predicted molar refractivity (Wildman–Crippen MR) is 86.9 cm³/mol. The van der Waals surface area contributed by atoms with Gasteiger partial charge in [0.2, 0.25) is 0 Å². The van der Waals surface area contributed by atoms with E-state index in [1.54, 1.807) is 12.1 Å². The Kier molecular flexibility index (Phi) is 5.83. The number of benzene rings is 2. The lowest BCUT2D eigenvalue weighted by atomic mass is 10.1. The maximum absolute atomic E-state index is 13.4. The van der Waals surface area contributed by atoms with Crippen molar-refractivity contribution in [2.24, 2.45) is 0 Å². The fraction of sp³-hybridized carbons (Fsp3) is 0.188. The zero-order valence-corrected chi connectivity index (χ0v) is 13.4. The molecule has 22 heavy (non-hydrogen) atoms. The number of aliphatic hydroxyl groups is 1. The summed E-state index contributed by atoms with van der Waals surface area (Å²) < 4.78 is 13.4. The van der Waals surface area contributed by atoms with Crippen LogP contribution in [0.1, 0.15) is 22.0 Å². The number of nitrogens with one attached hydrogen (secondary N) is 1. The van der Waals surface area contributed by atoms with Gasteiger partial charge in [-0.05, 0) is 36.1 Å². The number of rotatable bonds is 5. The summed E-state index contributed by atoms with van der Waals surface area (Å²) in [6.07, 6.45) is 0.884. The Morgan fingerprint density at radius 2 is 2.09 bits per heavy atom. The van der Waals surface area contributed by atoms with Crippen LogP contribution in [0.15, 0.2) is 47.4 Å². The molecule has 1 atom stereocenters. The highest BCUT2D eigenvalue weighted by Gasteiger charge is 2.14. The molecule has 2 rings (SSSR count). The molecule has 0 aliphatic heterocycles. The predicted octanol–water partition coefficient (Wildman–Crippen LogP) is 3.66. The SMILES string of the molecule is CSc1ccccc1C(=O)NC[C@@H](O)c1ccc(Cl)c(F)c1. The van der Waals surface area contributed by atoms with Crippen LogP contribution in [0.5, 0.6) is 0 Å². The Labute approximate surface area is 137 Å². The molecule has 0 aliphatic rings. The van der Waals surface area contributed by atoms with E-state index in [2.05, 4.69) is 5.32 Å². The van der Waals surface area contributed by atoms with Crippen molar-refractivity contribution in [3.8, 4) is 0 Å². The quantitative estimate of drug-likeness (QED) is 0.817. The number of halogens is 2. The minimum absolute atomic E-state index is 0.00566. The maximum atomic E-state index is 13.4. The first-order chi connectivity index (χ1) is 10.5. The Hall–Kier alpha value is -1.56. The Balaban J connectivity index is 2.02. The van der Waals surface area contributed by atoms with Crippen molar-refractivity contribution < 1.29 is 14.3 Å². The van der Waals surface area contributed by atoms with E-state index >= 15 is 0 Å². The van der Waals surface area contributed by atoms with E-state index in [0.717, 1.165) is 11.0 Å². The van der Waals surface area contributed by atoms with Gasteiger partial charge in [0.05, 0.1) is 16.7 Å². The van der Waals surface area contributed by atoms with Crippen molar-refractivity contribution in [2.75, 3.05) is 12.8 Å². The summed E-state index contributed by atoms with van der Waals surface area (Å²) in [7, 11) is 0. The molecule has 0 spiro atoms. The number of amides is 1. The van der Waals surface area contributed by atoms with E-state index in [1.807, 2.05) is 18.4 Å². The molecule has 0 radical (unpaired) electrons. The Morgan fingerprint density at radius 1 is 1.36 bits per heavy atom. The highest BCUT2D eigenvalue weighted by atomic mass is 35.5. The van der Waals surface area contributed by atoms with Gasteiger partial charge >= 0.3 is 0 Å². The van der Waals surface area contributed by atoms with Crippen LogP contribution >= 0.6 is 23.4 Å². The van der Waals surface area contributed by atoms with Gasteiger partial charge in [0.1, 0.15) is 5.82 Å². The number of carbonyl (C=O) groups is 1. The zero-order valence-electron chi connectivity index (χ0n) is 11.8. The fourth-order valence-electron chi connectivity index (χ4n) is 1.95. The van der Waals surface area contributed by atoms with Gasteiger partial charge < -0.3 is 10.4 Å². The lowest BCUT2D eigenvalue weighted by molar-refractivity contribution is 0.0913. The van der Waals surface area contributed by atoms with Crippen LogP contribution in [0.25, 0.3) is 0 Å². The lowest BCUT2D eigenvalue weighted by Crippen LogP contribution is -2.28. The second kappa shape index (κ2) is 7.63. The lowest BCUT2D eigenvalue weighted by Gasteiger charge is -2.14. The summed E-state index contributed by atoms with van der Waals surface area (Å²) in [5.41, 5.74) is 0.907. The van der Waals surface area contributed by atoms with Crippen LogP contribution in [0, 0.1) is 5.82 Å². The summed E-state index contributed by atoms with van der Waals surface area (Å²) in [6, 6.07) is 11.3. The summed E-state index contributed by atoms with van der Waals surface area (Å²) in [4.78, 5) is 13.0. The second-order valence-corrected chi connectivity index (χ2v) is 5.85. The second-order valence-electron chi connectivity index (χ2n) is 4.60. The summed E-state index contributed by atoms with van der Waals surface area (Å²) in [5.74, 6) is -0.879. The van der Waals surface area contributed by atoms with E-state index in [-0.39, 0.29) is 17.5 Å². The van der Waals surface area contributed by atoms with Crippen LogP contribution in [-0.4, -0.2) is 23.8 Å². The Bertz CT molecular complexity index is 681. The fourth-order valence-corrected chi connectivity index (χ4v) is 2.67. The van der Waals surface area contributed by atoms with Gasteiger partial charge in [0, 0.05) is 11.4 Å². The van der Waals surface area contributed by atoms with Gasteiger partial charge in [-0.3, -0.25) is 4.79 Å². The van der Waals surface area contributed by atoms with E-state index in [4.69, 9.17) is 11.6 Å². The number of aliphatic hydroxyl groups excluding tert-OH is 1. The molecule has 2 N–H and O–H groups in total. The molecule has 0 saturated heterocycles. The van der Waals surface area contributed by atoms with Gasteiger partial charge in [0.15, 0.2) is 0 Å². The van der Waals surface area contributed by atoms with Crippen molar-refractivity contribution in [2.45, 2.75) is 11.0 Å². The molecule has 6 heteroatoms. The van der Waals surface area contributed by atoms with Crippen LogP contribution in [0.4, 0.5) is 4.39 Å². The molecule has 1 amide bonds. The van der Waals surface area contributed by atoms with Crippen LogP contribution in [0.2, 0.25) is 5.02 Å². The van der Waals surface area contributed by atoms with Crippen molar-refractivity contribution in [1.82, 2.24) is 5.32 Å². The number of hydrogen-bond donors (Lipinski definition) is 2. The van der Waals surface area contributed by atoms with E-state index in [0.29, 0.717) is 11.1 Å². The first kappa shape index (κ1) is 16.8. The first-order valence-corrected chi connectivity index (χ1v) is 8.17. The smallest absolute Gasteiger partial charge is 0.252 e. The molecule has 0 saturated carbocycles. The third-order valence-electron chi connectivity index (χ3n) is 3.14. The molecule has 2 aromatic rings. The molecule has 3 nitrogen and oxygen atoms in total. The van der Waals surface area contributed by atoms with Crippen molar-refractivity contribution >= 4 is 29.3 Å². The third-order valence-corrected chi connectivity index (χ3v) is 4.24. The molecule has 0 heterocycles. The molecule has 0 unspecified atom stereocenters. The van der Waals surface area contributed by atoms with Crippen molar-refractivity contribution in [3.63, 3.8) is 0 Å². The van der Waals surface area contributed by atoms with Crippen LogP contribution in [-0.2, 0) is 0 Å². The summed E-state index contributed by atoms with van der Waals surface area (Å²) in [6.45, 7) is -0.0113. The van der Waals surface area contributed by atoms with E-state index < -0.39 is 11.9 Å². The van der Waals surface area contributed by atoms with Gasteiger partial charge in [-0.2, -0.15) is 0 Å². The molecule has 2 aromatic carbocycles. The van der Waals surface area contributed by atoms with E-state index in [9.17, 15) is 14.3 Å². The standard InChI is InChI=1S/C16H15ClFNO2S/c1-22-15-5-3-2-4-11(15)16(21)19-9-14(20)10-6-7-12(17)13(18)8-10/h2-8,14,20H,9H2,1H3,(H,19,21)/t14-/m1/s1. The van der Waals surface area contributed by atoms with Crippen LogP contribution in [0.3, 0.4) is 0 Å². The highest BCUT2D eigenvalue weighted by molar-refractivity contribution is 7.98. The monoisotopic (exact) mass is 339 g/mol. The van der Waals surface area contributed by atoms with E-state index in [1.165, 1.54) is 23.9 Å². The summed E-state index contributed by atoms with van der Waals surface area (Å²) in [5, 5.41) is 12.7. The van der Waals surface area contributed by atoms with Gasteiger partial charge in [-0.25, -0.2) is 4.39 Å². The molecule has 0 aromatic heterocycles. The largest absolute Gasteiger partial charge is 0.387 e. The van der Waals surface area contributed by atoms with Crippen molar-refractivity contribution in [1.29, 1.82) is 0 Å². The van der Waals surface area contributed by atoms with Crippen molar-refractivity contribution in [3.05, 3.63) is 64.4 Å². The average Bonchev–Trinajstić information content (AvgIpc) is 2.54. The molecule has 0 fully saturated rings. The zero-order chi connectivity index (χ0) is 16.1. The van der Waals surface area contributed by atoms with Gasteiger partial charge in [-0.1, -0.05) is 29.8 Å². The number of thioether (sulfide) groups is 1. The molecular formula is C16H15ClFNO2S. The first-order valence-electron chi connectivity index (χ1n) is 6.57. The van der Waals surface area contributed by atoms with Gasteiger partial charge in [0.25, 0.3) is 5.91 Å². The Morgan fingerprint density at radius 3 is 2.77 bits per heavy atom. The topological polar surface area (TPSA) is 49.3 Å². The van der Waals surface area contributed by atoms with Crippen LogP contribution < -0.4 is 5.32 Å². The number of carbonyl (C=O) groups excluding carboxylic acids is 1.